The van der Waals surface area contributed by atoms with Gasteiger partial charge in [-0.1, -0.05) is 4.49 Å². The van der Waals surface area contributed by atoms with Crippen molar-refractivity contribution in [2.75, 3.05) is 14.2 Å². The van der Waals surface area contributed by atoms with Gasteiger partial charge in [0.2, 0.25) is 0 Å². The van der Waals surface area contributed by atoms with Gasteiger partial charge >= 0.3 is 0 Å². The number of aromatic nitrogens is 2. The lowest BCUT2D eigenvalue weighted by molar-refractivity contribution is 0.209. The molecule has 0 spiro atoms. The molecular weight excluding hydrogens is 320 g/mol. The molecule has 0 bridgehead atoms. The number of methoxy groups -OCH3 is 2. The highest BCUT2D eigenvalue weighted by Gasteiger charge is 2.21. The Labute approximate surface area is 117 Å². The first-order chi connectivity index (χ1) is 8.69. The number of rotatable bonds is 4. The van der Waals surface area contributed by atoms with Crippen LogP contribution < -0.4 is 9.47 Å². The van der Waals surface area contributed by atoms with Crippen LogP contribution in [0.3, 0.4) is 0 Å². The second kappa shape index (κ2) is 5.64. The van der Waals surface area contributed by atoms with Gasteiger partial charge in [0.1, 0.15) is 27.8 Å². The summed E-state index contributed by atoms with van der Waals surface area (Å²) in [7, 11) is 3.11. The van der Waals surface area contributed by atoms with E-state index in [1.165, 1.54) is 18.6 Å². The third-order valence-corrected chi connectivity index (χ3v) is 3.74. The highest BCUT2D eigenvalue weighted by molar-refractivity contribution is 9.10. The van der Waals surface area contributed by atoms with Gasteiger partial charge in [0.05, 0.1) is 14.2 Å². The fourth-order valence-electron chi connectivity index (χ4n) is 1.58. The van der Waals surface area contributed by atoms with Crippen LogP contribution >= 0.6 is 27.5 Å². The smallest absolute Gasteiger partial charge is 0.143 e. The lowest BCUT2D eigenvalue weighted by Gasteiger charge is -2.16. The second-order valence-electron chi connectivity index (χ2n) is 3.44. The molecule has 0 saturated heterocycles. The Kier molecular flexibility index (Phi) is 4.15. The van der Waals surface area contributed by atoms with Crippen LogP contribution in [0.4, 0.5) is 0 Å². The molecule has 1 heterocycles. The first-order valence-corrected chi connectivity index (χ1v) is 6.67. The SMILES string of the molecule is COc1ccc(C(O)c2csnn2)c(OC)c1Br. The summed E-state index contributed by atoms with van der Waals surface area (Å²) in [5.74, 6) is 1.16. The Morgan fingerprint density at radius 1 is 1.33 bits per heavy atom. The number of nitrogens with zero attached hydrogens (tertiary/aromatic N) is 2. The normalized spacial score (nSPS) is 12.2. The van der Waals surface area contributed by atoms with Gasteiger partial charge in [-0.25, -0.2) is 0 Å². The molecule has 0 aliphatic heterocycles. The average Bonchev–Trinajstić information content (AvgIpc) is 2.91. The molecule has 2 rings (SSSR count). The van der Waals surface area contributed by atoms with Crippen LogP contribution in [0.15, 0.2) is 22.0 Å². The molecule has 0 saturated carbocycles. The average molecular weight is 331 g/mol. The van der Waals surface area contributed by atoms with Crippen molar-refractivity contribution in [3.63, 3.8) is 0 Å². The molecule has 1 atom stereocenters. The first kappa shape index (κ1) is 13.3. The van der Waals surface area contributed by atoms with E-state index in [0.29, 0.717) is 27.2 Å². The number of hydrogen-bond donors (Lipinski definition) is 1. The summed E-state index contributed by atoms with van der Waals surface area (Å²) < 4.78 is 14.9. The van der Waals surface area contributed by atoms with Crippen molar-refractivity contribution in [1.82, 2.24) is 9.59 Å². The van der Waals surface area contributed by atoms with Gasteiger partial charge in [-0.2, -0.15) is 0 Å². The van der Waals surface area contributed by atoms with Gasteiger partial charge in [-0.15, -0.1) is 5.10 Å². The Morgan fingerprint density at radius 2 is 2.11 bits per heavy atom. The fraction of sp³-hybridized carbons (Fsp3) is 0.273. The third-order valence-electron chi connectivity index (χ3n) is 2.47. The van der Waals surface area contributed by atoms with Gasteiger partial charge in [-0.05, 0) is 39.6 Å². The molecule has 0 aliphatic carbocycles. The fourth-order valence-corrected chi connectivity index (χ4v) is 2.74. The highest BCUT2D eigenvalue weighted by atomic mass is 79.9. The zero-order chi connectivity index (χ0) is 13.1. The lowest BCUT2D eigenvalue weighted by atomic mass is 10.1. The second-order valence-corrected chi connectivity index (χ2v) is 4.84. The Hall–Kier alpha value is -1.18. The monoisotopic (exact) mass is 330 g/mol. The van der Waals surface area contributed by atoms with Crippen molar-refractivity contribution in [3.8, 4) is 11.5 Å². The van der Waals surface area contributed by atoms with Crippen molar-refractivity contribution >= 4 is 27.5 Å². The summed E-state index contributed by atoms with van der Waals surface area (Å²) in [6.45, 7) is 0. The van der Waals surface area contributed by atoms with E-state index in [0.717, 1.165) is 0 Å². The van der Waals surface area contributed by atoms with Gasteiger partial charge < -0.3 is 14.6 Å². The van der Waals surface area contributed by atoms with Gasteiger partial charge in [0, 0.05) is 10.9 Å². The van der Waals surface area contributed by atoms with Gasteiger partial charge in [0.15, 0.2) is 0 Å². The number of ether oxygens (including phenoxy) is 2. The molecule has 0 fully saturated rings. The van der Waals surface area contributed by atoms with Crippen molar-refractivity contribution in [1.29, 1.82) is 0 Å². The molecule has 0 aliphatic rings. The predicted octanol–water partition coefficient (Wildman–Crippen LogP) is 2.40. The summed E-state index contributed by atoms with van der Waals surface area (Å²) in [6, 6.07) is 3.50. The quantitative estimate of drug-likeness (QED) is 0.932. The van der Waals surface area contributed by atoms with Crippen molar-refractivity contribution in [2.24, 2.45) is 0 Å². The highest BCUT2D eigenvalue weighted by Crippen LogP contribution is 2.40. The maximum absolute atomic E-state index is 10.2. The zero-order valence-electron chi connectivity index (χ0n) is 9.75. The van der Waals surface area contributed by atoms with E-state index in [-0.39, 0.29) is 0 Å². The van der Waals surface area contributed by atoms with Crippen LogP contribution in [0.5, 0.6) is 11.5 Å². The summed E-state index contributed by atoms with van der Waals surface area (Å²) in [4.78, 5) is 0. The maximum Gasteiger partial charge on any atom is 0.143 e. The zero-order valence-corrected chi connectivity index (χ0v) is 12.2. The molecule has 1 aromatic heterocycles. The van der Waals surface area contributed by atoms with Crippen LogP contribution in [-0.4, -0.2) is 28.9 Å². The third kappa shape index (κ3) is 2.33. The van der Waals surface area contributed by atoms with Crippen molar-refractivity contribution in [2.45, 2.75) is 6.10 Å². The molecule has 1 unspecified atom stereocenters. The molecular formula is C11H11BrN2O3S. The summed E-state index contributed by atoms with van der Waals surface area (Å²) >= 11 is 4.58. The van der Waals surface area contributed by atoms with Crippen LogP contribution in [0.1, 0.15) is 17.4 Å². The topological polar surface area (TPSA) is 64.5 Å². The molecule has 5 nitrogen and oxygen atoms in total. The largest absolute Gasteiger partial charge is 0.495 e. The van der Waals surface area contributed by atoms with E-state index in [1.807, 2.05) is 0 Å². The van der Waals surface area contributed by atoms with Gasteiger partial charge in [-0.3, -0.25) is 0 Å². The molecule has 96 valence electrons. The summed E-state index contributed by atoms with van der Waals surface area (Å²) in [5.41, 5.74) is 1.10. The number of halogens is 1. The van der Waals surface area contributed by atoms with Crippen molar-refractivity contribution in [3.05, 3.63) is 33.2 Å². The van der Waals surface area contributed by atoms with Crippen molar-refractivity contribution < 1.29 is 14.6 Å². The molecule has 0 radical (unpaired) electrons. The van der Waals surface area contributed by atoms with Crippen LogP contribution in [0.2, 0.25) is 0 Å². The van der Waals surface area contributed by atoms with Crippen LogP contribution in [0.25, 0.3) is 0 Å². The minimum absolute atomic E-state index is 0.496. The van der Waals surface area contributed by atoms with Crippen LogP contribution in [0, 0.1) is 0 Å². The molecule has 0 amide bonds. The maximum atomic E-state index is 10.2. The first-order valence-electron chi connectivity index (χ1n) is 5.04. The Bertz CT molecular complexity index is 533. The van der Waals surface area contributed by atoms with Crippen LogP contribution in [-0.2, 0) is 0 Å². The van der Waals surface area contributed by atoms with Gasteiger partial charge in [0.25, 0.3) is 0 Å². The minimum atomic E-state index is -0.874. The molecule has 18 heavy (non-hydrogen) atoms. The van der Waals surface area contributed by atoms with E-state index in [4.69, 9.17) is 9.47 Å². The van der Waals surface area contributed by atoms with E-state index >= 15 is 0 Å². The van der Waals surface area contributed by atoms with E-state index in [9.17, 15) is 5.11 Å². The lowest BCUT2D eigenvalue weighted by Crippen LogP contribution is -2.04. The molecule has 1 aromatic carbocycles. The van der Waals surface area contributed by atoms with E-state index < -0.39 is 6.10 Å². The number of aliphatic hydroxyl groups is 1. The van der Waals surface area contributed by atoms with E-state index in [2.05, 4.69) is 25.5 Å². The Balaban J connectivity index is 2.48. The molecule has 1 N–H and O–H groups in total. The standard InChI is InChI=1S/C11H11BrN2O3S/c1-16-8-4-3-6(11(17-2)9(8)12)10(15)7-5-18-14-13-7/h3-5,10,15H,1-2H3. The predicted molar refractivity (Wildman–Crippen MR) is 71.2 cm³/mol. The Morgan fingerprint density at radius 3 is 2.67 bits per heavy atom. The number of hydrogen-bond acceptors (Lipinski definition) is 6. The summed E-state index contributed by atoms with van der Waals surface area (Å²) in [6.07, 6.45) is -0.874. The summed E-state index contributed by atoms with van der Waals surface area (Å²) in [5, 5.41) is 15.8. The number of benzene rings is 1. The minimum Gasteiger partial charge on any atom is -0.495 e. The molecule has 2 aromatic rings. The molecule has 7 heteroatoms. The van der Waals surface area contributed by atoms with E-state index in [1.54, 1.807) is 24.6 Å². The number of aliphatic hydroxyl groups excluding tert-OH is 1.